The van der Waals surface area contributed by atoms with E-state index in [1.807, 2.05) is 0 Å². The van der Waals surface area contributed by atoms with E-state index in [0.717, 1.165) is 0 Å². The Balaban J connectivity index is 1.91. The zero-order chi connectivity index (χ0) is 18.5. The fraction of sp³-hybridized carbons (Fsp3) is 0.154. The fourth-order valence-corrected chi connectivity index (χ4v) is 3.21. The van der Waals surface area contributed by atoms with Crippen molar-refractivity contribution in [1.29, 1.82) is 0 Å². The molecule has 0 aliphatic carbocycles. The van der Waals surface area contributed by atoms with Crippen LogP contribution in [0, 0.1) is 0 Å². The third-order valence-corrected chi connectivity index (χ3v) is 5.29. The molecule has 3 aromatic rings. The number of hydrogen-bond donors (Lipinski definition) is 0. The Morgan fingerprint density at radius 2 is 0.577 bits per heavy atom. The summed E-state index contributed by atoms with van der Waals surface area (Å²) in [6.45, 7) is 8.80. The molecule has 3 aromatic carbocycles. The minimum Gasteiger partial charge on any atom is -0.0622 e. The van der Waals surface area contributed by atoms with Gasteiger partial charge in [-0.1, -0.05) is 84.9 Å². The largest absolute Gasteiger partial charge is 0.0622 e. The van der Waals surface area contributed by atoms with E-state index in [0.29, 0.717) is 0 Å². The predicted molar refractivity (Wildman–Crippen MR) is 116 cm³/mol. The summed E-state index contributed by atoms with van der Waals surface area (Å²) >= 11 is 0. The fourth-order valence-electron chi connectivity index (χ4n) is 3.21. The second kappa shape index (κ2) is 8.01. The Morgan fingerprint density at radius 3 is 0.846 bits per heavy atom. The molecule has 130 valence electrons. The van der Waals surface area contributed by atoms with Crippen molar-refractivity contribution < 1.29 is 0 Å². The first kappa shape index (κ1) is 17.9. The van der Waals surface area contributed by atoms with E-state index in [1.165, 1.54) is 44.5 Å². The lowest BCUT2D eigenvalue weighted by atomic mass is 9.93. The summed E-state index contributed by atoms with van der Waals surface area (Å²) in [5.41, 5.74) is 10.4. The van der Waals surface area contributed by atoms with Crippen molar-refractivity contribution in [3.8, 4) is 0 Å². The first-order chi connectivity index (χ1) is 12.6. The molecule has 0 saturated carbocycles. The molecule has 0 unspecified atom stereocenters. The van der Waals surface area contributed by atoms with Gasteiger partial charge in [0.05, 0.1) is 0 Å². The third-order valence-electron chi connectivity index (χ3n) is 5.29. The molecule has 0 bridgehead atoms. The van der Waals surface area contributed by atoms with Crippen molar-refractivity contribution in [3.05, 3.63) is 107 Å². The van der Waals surface area contributed by atoms with Gasteiger partial charge in [0, 0.05) is 0 Å². The predicted octanol–water partition coefficient (Wildman–Crippen LogP) is 7.59. The van der Waals surface area contributed by atoms with E-state index in [9.17, 15) is 0 Å². The van der Waals surface area contributed by atoms with Crippen LogP contribution in [0.4, 0.5) is 0 Å². The average Bonchev–Trinajstić information content (AvgIpc) is 2.73. The maximum atomic E-state index is 2.24. The lowest BCUT2D eigenvalue weighted by molar-refractivity contribution is 1.47. The van der Waals surface area contributed by atoms with E-state index in [4.69, 9.17) is 0 Å². The average molecular weight is 338 g/mol. The molecule has 0 heteroatoms. The Bertz CT molecular complexity index is 844. The van der Waals surface area contributed by atoms with Crippen molar-refractivity contribution in [2.45, 2.75) is 27.7 Å². The highest BCUT2D eigenvalue weighted by Crippen LogP contribution is 2.29. The van der Waals surface area contributed by atoms with Gasteiger partial charge in [0.25, 0.3) is 0 Å². The van der Waals surface area contributed by atoms with Crippen LogP contribution in [0.5, 0.6) is 0 Å². The van der Waals surface area contributed by atoms with Crippen molar-refractivity contribution in [2.75, 3.05) is 0 Å². The molecule has 0 amide bonds. The van der Waals surface area contributed by atoms with Gasteiger partial charge in [-0.05, 0) is 72.2 Å². The van der Waals surface area contributed by atoms with Gasteiger partial charge in [-0.3, -0.25) is 0 Å². The summed E-state index contributed by atoms with van der Waals surface area (Å²) in [5.74, 6) is 0. The third kappa shape index (κ3) is 3.86. The van der Waals surface area contributed by atoms with Crippen LogP contribution in [-0.4, -0.2) is 0 Å². The highest BCUT2D eigenvalue weighted by atomic mass is 14.1. The highest BCUT2D eigenvalue weighted by molar-refractivity contribution is 5.91. The summed E-state index contributed by atoms with van der Waals surface area (Å²) in [5, 5.41) is 0. The van der Waals surface area contributed by atoms with Crippen molar-refractivity contribution >= 4 is 22.3 Å². The van der Waals surface area contributed by atoms with Crippen LogP contribution in [0.1, 0.15) is 49.9 Å². The normalized spacial score (nSPS) is 13.1. The molecule has 0 N–H and O–H groups in total. The van der Waals surface area contributed by atoms with Crippen molar-refractivity contribution in [2.24, 2.45) is 0 Å². The summed E-state index contributed by atoms with van der Waals surface area (Å²) in [7, 11) is 0. The minimum absolute atomic E-state index is 1.28. The van der Waals surface area contributed by atoms with Crippen LogP contribution >= 0.6 is 0 Å². The summed E-state index contributed by atoms with van der Waals surface area (Å²) in [4.78, 5) is 0. The second-order valence-corrected chi connectivity index (χ2v) is 6.81. The monoisotopic (exact) mass is 338 g/mol. The lowest BCUT2D eigenvalue weighted by Gasteiger charge is -2.12. The molecule has 26 heavy (non-hydrogen) atoms. The number of rotatable bonds is 4. The van der Waals surface area contributed by atoms with Gasteiger partial charge < -0.3 is 0 Å². The molecule has 0 fully saturated rings. The molecule has 0 radical (unpaired) electrons. The lowest BCUT2D eigenvalue weighted by Crippen LogP contribution is -1.89. The van der Waals surface area contributed by atoms with Crippen LogP contribution in [0.25, 0.3) is 22.3 Å². The van der Waals surface area contributed by atoms with Gasteiger partial charge in [-0.2, -0.15) is 0 Å². The molecule has 3 rings (SSSR count). The van der Waals surface area contributed by atoms with Gasteiger partial charge in [0.2, 0.25) is 0 Å². The van der Waals surface area contributed by atoms with E-state index >= 15 is 0 Å². The number of allylic oxidation sites excluding steroid dienone is 4. The zero-order valence-corrected chi connectivity index (χ0v) is 16.1. The zero-order valence-electron chi connectivity index (χ0n) is 16.1. The SMILES string of the molecule is C/C(=C(\C)c1ccc(/C(C)=C(/C)c2ccccc2)cc1)c1ccccc1. The summed E-state index contributed by atoms with van der Waals surface area (Å²) in [6, 6.07) is 30.1. The first-order valence-corrected chi connectivity index (χ1v) is 9.14. The first-order valence-electron chi connectivity index (χ1n) is 9.14. The molecule has 0 aromatic heterocycles. The van der Waals surface area contributed by atoms with Crippen LogP contribution in [0.3, 0.4) is 0 Å². The second-order valence-electron chi connectivity index (χ2n) is 6.81. The Labute approximate surface area is 157 Å². The molecule has 0 atom stereocenters. The quantitative estimate of drug-likeness (QED) is 0.430. The summed E-state index contributed by atoms with van der Waals surface area (Å²) in [6.07, 6.45) is 0. The Morgan fingerprint density at radius 1 is 0.346 bits per heavy atom. The van der Waals surface area contributed by atoms with Gasteiger partial charge >= 0.3 is 0 Å². The standard InChI is InChI=1S/C26H26/c1-19(23-11-7-5-8-12-23)21(3)25-15-17-26(18-16-25)22(4)20(2)24-13-9-6-10-14-24/h5-18H,1-4H3/b21-19-,22-20-. The van der Waals surface area contributed by atoms with Gasteiger partial charge in [0.15, 0.2) is 0 Å². The maximum absolute atomic E-state index is 2.24. The molecule has 0 saturated heterocycles. The van der Waals surface area contributed by atoms with E-state index in [2.05, 4.69) is 113 Å². The Kier molecular flexibility index (Phi) is 5.53. The maximum Gasteiger partial charge on any atom is -0.0224 e. The van der Waals surface area contributed by atoms with Crippen LogP contribution < -0.4 is 0 Å². The van der Waals surface area contributed by atoms with Crippen LogP contribution in [0.2, 0.25) is 0 Å². The molecular formula is C26H26. The molecule has 0 nitrogen and oxygen atoms in total. The van der Waals surface area contributed by atoms with Gasteiger partial charge in [0.1, 0.15) is 0 Å². The van der Waals surface area contributed by atoms with Crippen molar-refractivity contribution in [3.63, 3.8) is 0 Å². The molecule has 0 heterocycles. The van der Waals surface area contributed by atoms with Gasteiger partial charge in [-0.25, -0.2) is 0 Å². The number of hydrogen-bond acceptors (Lipinski definition) is 0. The van der Waals surface area contributed by atoms with E-state index < -0.39 is 0 Å². The van der Waals surface area contributed by atoms with E-state index in [1.54, 1.807) is 0 Å². The number of benzene rings is 3. The van der Waals surface area contributed by atoms with Crippen molar-refractivity contribution in [1.82, 2.24) is 0 Å². The topological polar surface area (TPSA) is 0 Å². The molecule has 0 aliphatic heterocycles. The van der Waals surface area contributed by atoms with Crippen LogP contribution in [-0.2, 0) is 0 Å². The molecule has 0 spiro atoms. The Hall–Kier alpha value is -2.86. The van der Waals surface area contributed by atoms with Crippen LogP contribution in [0.15, 0.2) is 84.9 Å². The minimum atomic E-state index is 1.28. The summed E-state index contributed by atoms with van der Waals surface area (Å²) < 4.78 is 0. The van der Waals surface area contributed by atoms with E-state index in [-0.39, 0.29) is 0 Å². The smallest absolute Gasteiger partial charge is 0.0224 e. The molecular weight excluding hydrogens is 312 g/mol. The molecule has 0 aliphatic rings. The highest BCUT2D eigenvalue weighted by Gasteiger charge is 2.06. The van der Waals surface area contributed by atoms with Gasteiger partial charge in [-0.15, -0.1) is 0 Å².